The van der Waals surface area contributed by atoms with Crippen LogP contribution in [0.1, 0.15) is 0 Å². The molecule has 0 aliphatic carbocycles. The number of imidazole rings is 1. The highest BCUT2D eigenvalue weighted by Gasteiger charge is 2.11. The van der Waals surface area contributed by atoms with E-state index >= 15 is 0 Å². The zero-order chi connectivity index (χ0) is 14.4. The van der Waals surface area contributed by atoms with Crippen molar-refractivity contribution >= 4 is 50.2 Å². The lowest BCUT2D eigenvalue weighted by molar-refractivity contribution is 1.05. The molecule has 0 amide bonds. The first kappa shape index (κ1) is 12.7. The molecule has 3 heterocycles. The second-order valence-electron chi connectivity index (χ2n) is 4.64. The van der Waals surface area contributed by atoms with Gasteiger partial charge < -0.3 is 4.98 Å². The summed E-state index contributed by atoms with van der Waals surface area (Å²) >= 11 is 8.91. The number of fused-ring (bicyclic) bond motifs is 2. The van der Waals surface area contributed by atoms with Gasteiger partial charge in [0.2, 0.25) is 0 Å². The van der Waals surface area contributed by atoms with Crippen LogP contribution < -0.4 is 0 Å². The monoisotopic (exact) mass is 356 g/mol. The van der Waals surface area contributed by atoms with Gasteiger partial charge in [-0.05, 0) is 52.4 Å². The van der Waals surface area contributed by atoms with Crippen molar-refractivity contribution in [2.45, 2.75) is 0 Å². The third-order valence-electron chi connectivity index (χ3n) is 3.34. The van der Waals surface area contributed by atoms with Crippen molar-refractivity contribution in [1.82, 2.24) is 19.5 Å². The Morgan fingerprint density at radius 3 is 2.95 bits per heavy atom. The molecule has 0 spiro atoms. The van der Waals surface area contributed by atoms with Crippen molar-refractivity contribution in [3.63, 3.8) is 0 Å². The van der Waals surface area contributed by atoms with Gasteiger partial charge in [-0.1, -0.05) is 12.1 Å². The number of nitrogens with one attached hydrogen (secondary N) is 1. The van der Waals surface area contributed by atoms with E-state index < -0.39 is 0 Å². The Labute approximate surface area is 133 Å². The predicted molar refractivity (Wildman–Crippen MR) is 89.3 cm³/mol. The van der Waals surface area contributed by atoms with Crippen LogP contribution in [0.4, 0.5) is 0 Å². The summed E-state index contributed by atoms with van der Waals surface area (Å²) < 4.78 is 3.49. The molecule has 1 N–H and O–H groups in total. The summed E-state index contributed by atoms with van der Waals surface area (Å²) in [5, 5.41) is 1.05. The summed E-state index contributed by atoms with van der Waals surface area (Å²) in [6, 6.07) is 11.9. The van der Waals surface area contributed by atoms with E-state index in [0.717, 1.165) is 32.2 Å². The molecule has 0 atom stereocenters. The Bertz CT molecular complexity index is 1030. The number of H-pyrrole nitrogens is 1. The molecule has 0 fully saturated rings. The summed E-state index contributed by atoms with van der Waals surface area (Å²) in [4.78, 5) is 12.1. The molecule has 102 valence electrons. The highest BCUT2D eigenvalue weighted by atomic mass is 79.9. The van der Waals surface area contributed by atoms with Crippen LogP contribution >= 0.6 is 28.1 Å². The highest BCUT2D eigenvalue weighted by molar-refractivity contribution is 9.10. The van der Waals surface area contributed by atoms with Crippen molar-refractivity contribution in [1.29, 1.82) is 0 Å². The number of rotatable bonds is 1. The van der Waals surface area contributed by atoms with Gasteiger partial charge in [0.15, 0.2) is 10.4 Å². The Hall–Kier alpha value is -2.05. The maximum Gasteiger partial charge on any atom is 0.184 e. The van der Waals surface area contributed by atoms with Gasteiger partial charge >= 0.3 is 0 Å². The van der Waals surface area contributed by atoms with E-state index in [1.54, 1.807) is 12.4 Å². The minimum Gasteiger partial charge on any atom is -0.329 e. The normalized spacial score (nSPS) is 11.3. The standard InChI is InChI=1S/C15H9BrN4S/c16-10-7-9-3-1-5-12(13(9)18-8-10)20-14-11(19-15(20)21)4-2-6-17-14/h1-8H,(H,19,21). The van der Waals surface area contributed by atoms with Crippen LogP contribution in [-0.4, -0.2) is 19.5 Å². The van der Waals surface area contributed by atoms with E-state index in [1.165, 1.54) is 0 Å². The first-order chi connectivity index (χ1) is 10.2. The maximum atomic E-state index is 5.45. The molecule has 4 aromatic rings. The minimum atomic E-state index is 0.612. The summed E-state index contributed by atoms with van der Waals surface area (Å²) in [6.07, 6.45) is 3.55. The molecule has 3 aromatic heterocycles. The van der Waals surface area contributed by atoms with Crippen molar-refractivity contribution in [3.05, 3.63) is 58.0 Å². The number of aromatic nitrogens is 4. The Morgan fingerprint density at radius 2 is 2.05 bits per heavy atom. The SMILES string of the molecule is S=c1[nH]c2cccnc2n1-c1cccc2cc(Br)cnc12. The van der Waals surface area contributed by atoms with E-state index in [-0.39, 0.29) is 0 Å². The molecule has 0 aliphatic rings. The second-order valence-corrected chi connectivity index (χ2v) is 5.94. The Kier molecular flexibility index (Phi) is 2.87. The molecule has 0 unspecified atom stereocenters. The molecule has 6 heteroatoms. The first-order valence-corrected chi connectivity index (χ1v) is 7.54. The van der Waals surface area contributed by atoms with Gasteiger partial charge in [-0.2, -0.15) is 0 Å². The van der Waals surface area contributed by atoms with Crippen molar-refractivity contribution < 1.29 is 0 Å². The van der Waals surface area contributed by atoms with Crippen molar-refractivity contribution in [2.24, 2.45) is 0 Å². The fourth-order valence-corrected chi connectivity index (χ4v) is 3.11. The number of nitrogens with zero attached hydrogens (tertiary/aromatic N) is 3. The smallest absolute Gasteiger partial charge is 0.184 e. The number of halogens is 1. The molecule has 21 heavy (non-hydrogen) atoms. The third-order valence-corrected chi connectivity index (χ3v) is 4.06. The largest absolute Gasteiger partial charge is 0.329 e. The number of aromatic amines is 1. The van der Waals surface area contributed by atoms with Gasteiger partial charge in [-0.3, -0.25) is 9.55 Å². The average molecular weight is 357 g/mol. The minimum absolute atomic E-state index is 0.612. The van der Waals surface area contributed by atoms with E-state index in [4.69, 9.17) is 12.2 Å². The molecule has 4 rings (SSSR count). The molecule has 1 aromatic carbocycles. The quantitative estimate of drug-likeness (QED) is 0.514. The van der Waals surface area contributed by atoms with Crippen molar-refractivity contribution in [3.8, 4) is 5.69 Å². The van der Waals surface area contributed by atoms with Gasteiger partial charge in [-0.15, -0.1) is 0 Å². The lowest BCUT2D eigenvalue weighted by Crippen LogP contribution is -1.97. The van der Waals surface area contributed by atoms with Gasteiger partial charge in [0.1, 0.15) is 0 Å². The fraction of sp³-hybridized carbons (Fsp3) is 0. The van der Waals surface area contributed by atoms with E-state index in [9.17, 15) is 0 Å². The Balaban J connectivity index is 2.14. The zero-order valence-electron chi connectivity index (χ0n) is 10.7. The zero-order valence-corrected chi connectivity index (χ0v) is 13.1. The van der Waals surface area contributed by atoms with Gasteiger partial charge in [0, 0.05) is 22.3 Å². The van der Waals surface area contributed by atoms with Crippen LogP contribution in [0.5, 0.6) is 0 Å². The number of para-hydroxylation sites is 1. The van der Waals surface area contributed by atoms with Gasteiger partial charge in [0.25, 0.3) is 0 Å². The third kappa shape index (κ3) is 1.99. The number of pyridine rings is 2. The summed E-state index contributed by atoms with van der Waals surface area (Å²) in [5.41, 5.74) is 3.54. The van der Waals surface area contributed by atoms with Crippen LogP contribution in [0.3, 0.4) is 0 Å². The topological polar surface area (TPSA) is 46.5 Å². The Morgan fingerprint density at radius 1 is 1.14 bits per heavy atom. The van der Waals surface area contributed by atoms with E-state index in [1.807, 2.05) is 41.0 Å². The predicted octanol–water partition coefficient (Wildman–Crippen LogP) is 4.39. The van der Waals surface area contributed by atoms with Crippen LogP contribution in [0.25, 0.3) is 27.8 Å². The summed E-state index contributed by atoms with van der Waals surface area (Å²) in [6.45, 7) is 0. The van der Waals surface area contributed by atoms with E-state index in [2.05, 4.69) is 30.9 Å². The molecule has 4 nitrogen and oxygen atoms in total. The molecule has 0 bridgehead atoms. The lowest BCUT2D eigenvalue weighted by atomic mass is 10.2. The summed E-state index contributed by atoms with van der Waals surface area (Å²) in [7, 11) is 0. The van der Waals surface area contributed by atoms with Crippen LogP contribution in [0, 0.1) is 4.77 Å². The van der Waals surface area contributed by atoms with Crippen LogP contribution in [-0.2, 0) is 0 Å². The summed E-state index contributed by atoms with van der Waals surface area (Å²) in [5.74, 6) is 0. The molecule has 0 radical (unpaired) electrons. The number of benzene rings is 1. The molecule has 0 aliphatic heterocycles. The molecular formula is C15H9BrN4S. The van der Waals surface area contributed by atoms with Crippen LogP contribution in [0.15, 0.2) is 53.3 Å². The maximum absolute atomic E-state index is 5.45. The molecule has 0 saturated carbocycles. The second kappa shape index (κ2) is 4.75. The fourth-order valence-electron chi connectivity index (χ4n) is 2.46. The number of hydrogen-bond donors (Lipinski definition) is 1. The van der Waals surface area contributed by atoms with Gasteiger partial charge in [0.05, 0.1) is 16.7 Å². The number of hydrogen-bond acceptors (Lipinski definition) is 3. The lowest BCUT2D eigenvalue weighted by Gasteiger charge is -2.07. The first-order valence-electron chi connectivity index (χ1n) is 6.34. The van der Waals surface area contributed by atoms with Gasteiger partial charge in [-0.25, -0.2) is 4.98 Å². The average Bonchev–Trinajstić information content (AvgIpc) is 2.82. The molecular weight excluding hydrogens is 348 g/mol. The highest BCUT2D eigenvalue weighted by Crippen LogP contribution is 2.25. The molecule has 0 saturated heterocycles. The van der Waals surface area contributed by atoms with Crippen LogP contribution in [0.2, 0.25) is 0 Å². The van der Waals surface area contributed by atoms with Crippen molar-refractivity contribution in [2.75, 3.05) is 0 Å². The van der Waals surface area contributed by atoms with E-state index in [0.29, 0.717) is 4.77 Å².